The van der Waals surface area contributed by atoms with Crippen molar-refractivity contribution in [2.75, 3.05) is 13.7 Å². The summed E-state index contributed by atoms with van der Waals surface area (Å²) in [6.45, 7) is 0.279. The summed E-state index contributed by atoms with van der Waals surface area (Å²) in [5, 5.41) is 0.669. The molecule has 0 aliphatic rings. The summed E-state index contributed by atoms with van der Waals surface area (Å²) in [6, 6.07) is 7.23. The Bertz CT molecular complexity index is 330. The van der Waals surface area contributed by atoms with Gasteiger partial charge in [-0.25, -0.2) is 9.79 Å². The predicted molar refractivity (Wildman–Crippen MR) is 54.2 cm³/mol. The SMILES string of the molecule is COC(CN=C=O)c1ccc(Cl)cc1. The lowest BCUT2D eigenvalue weighted by atomic mass is 10.1. The van der Waals surface area contributed by atoms with Crippen molar-refractivity contribution in [2.45, 2.75) is 6.10 Å². The van der Waals surface area contributed by atoms with E-state index < -0.39 is 0 Å². The lowest BCUT2D eigenvalue weighted by Crippen LogP contribution is -2.04. The second kappa shape index (κ2) is 5.55. The number of aliphatic imine (C=N–C) groups is 1. The van der Waals surface area contributed by atoms with E-state index in [1.807, 2.05) is 12.1 Å². The molecular formula is C10H10ClNO2. The first kappa shape index (κ1) is 10.9. The summed E-state index contributed by atoms with van der Waals surface area (Å²) in [6.07, 6.45) is 1.27. The molecule has 0 amide bonds. The first-order chi connectivity index (χ1) is 6.77. The van der Waals surface area contributed by atoms with Gasteiger partial charge in [-0.2, -0.15) is 0 Å². The number of nitrogens with zero attached hydrogens (tertiary/aromatic N) is 1. The normalized spacial score (nSPS) is 11.9. The van der Waals surface area contributed by atoms with Gasteiger partial charge in [0, 0.05) is 12.1 Å². The predicted octanol–water partition coefficient (Wildman–Crippen LogP) is 2.36. The summed E-state index contributed by atoms with van der Waals surface area (Å²) < 4.78 is 5.16. The van der Waals surface area contributed by atoms with Crippen LogP contribution < -0.4 is 0 Å². The van der Waals surface area contributed by atoms with Gasteiger partial charge in [-0.3, -0.25) is 0 Å². The summed E-state index contributed by atoms with van der Waals surface area (Å²) in [5.41, 5.74) is 0.941. The van der Waals surface area contributed by atoms with Crippen LogP contribution in [0.15, 0.2) is 29.3 Å². The van der Waals surface area contributed by atoms with Crippen LogP contribution in [0.3, 0.4) is 0 Å². The molecule has 0 bridgehead atoms. The van der Waals surface area contributed by atoms with Crippen LogP contribution in [0.5, 0.6) is 0 Å². The van der Waals surface area contributed by atoms with E-state index in [1.165, 1.54) is 6.08 Å². The standard InChI is InChI=1S/C10H10ClNO2/c1-14-10(6-12-7-13)8-2-4-9(11)5-3-8/h2-5,10H,6H2,1H3. The number of carbonyl (C=O) groups excluding carboxylic acids is 1. The van der Waals surface area contributed by atoms with Crippen LogP contribution in [-0.4, -0.2) is 19.7 Å². The monoisotopic (exact) mass is 211 g/mol. The third-order valence-corrected chi connectivity index (χ3v) is 2.10. The topological polar surface area (TPSA) is 38.7 Å². The average molecular weight is 212 g/mol. The van der Waals surface area contributed by atoms with Crippen molar-refractivity contribution in [3.63, 3.8) is 0 Å². The Balaban J connectivity index is 2.78. The van der Waals surface area contributed by atoms with Crippen molar-refractivity contribution in [1.29, 1.82) is 0 Å². The molecule has 4 heteroatoms. The van der Waals surface area contributed by atoms with Crippen molar-refractivity contribution in [3.05, 3.63) is 34.9 Å². The van der Waals surface area contributed by atoms with Gasteiger partial charge in [0.1, 0.15) is 6.10 Å². The number of benzene rings is 1. The van der Waals surface area contributed by atoms with Gasteiger partial charge in [0.25, 0.3) is 0 Å². The van der Waals surface area contributed by atoms with Crippen LogP contribution in [0, 0.1) is 0 Å². The highest BCUT2D eigenvalue weighted by molar-refractivity contribution is 6.30. The van der Waals surface area contributed by atoms with E-state index in [0.29, 0.717) is 5.02 Å². The van der Waals surface area contributed by atoms with Crippen LogP contribution >= 0.6 is 11.6 Å². The van der Waals surface area contributed by atoms with E-state index >= 15 is 0 Å². The Morgan fingerprint density at radius 3 is 2.64 bits per heavy atom. The molecule has 1 rings (SSSR count). The lowest BCUT2D eigenvalue weighted by molar-refractivity contribution is 0.111. The molecule has 0 aliphatic heterocycles. The Morgan fingerprint density at radius 1 is 1.50 bits per heavy atom. The summed E-state index contributed by atoms with van der Waals surface area (Å²) in [4.78, 5) is 13.4. The molecule has 74 valence electrons. The molecule has 0 aromatic heterocycles. The Morgan fingerprint density at radius 2 is 2.14 bits per heavy atom. The van der Waals surface area contributed by atoms with Crippen LogP contribution in [0.2, 0.25) is 5.02 Å². The van der Waals surface area contributed by atoms with E-state index in [9.17, 15) is 4.79 Å². The smallest absolute Gasteiger partial charge is 0.235 e. The molecule has 1 atom stereocenters. The molecule has 3 nitrogen and oxygen atoms in total. The van der Waals surface area contributed by atoms with Gasteiger partial charge in [-0.1, -0.05) is 23.7 Å². The number of halogens is 1. The molecule has 0 saturated carbocycles. The number of isocyanates is 1. The molecule has 0 saturated heterocycles. The van der Waals surface area contributed by atoms with Crippen molar-refractivity contribution >= 4 is 17.7 Å². The Labute approximate surface area is 87.4 Å². The van der Waals surface area contributed by atoms with E-state index in [2.05, 4.69) is 4.99 Å². The van der Waals surface area contributed by atoms with Gasteiger partial charge < -0.3 is 4.74 Å². The van der Waals surface area contributed by atoms with E-state index in [1.54, 1.807) is 19.2 Å². The van der Waals surface area contributed by atoms with Crippen LogP contribution in [0.25, 0.3) is 0 Å². The fourth-order valence-corrected chi connectivity index (χ4v) is 1.24. The number of hydrogen-bond acceptors (Lipinski definition) is 3. The second-order valence-corrected chi connectivity index (χ2v) is 3.14. The maximum atomic E-state index is 9.94. The third kappa shape index (κ3) is 2.96. The van der Waals surface area contributed by atoms with E-state index in [4.69, 9.17) is 16.3 Å². The Hall–Kier alpha value is -1.15. The number of rotatable bonds is 4. The molecule has 1 aromatic carbocycles. The highest BCUT2D eigenvalue weighted by Crippen LogP contribution is 2.19. The molecule has 0 heterocycles. The van der Waals surface area contributed by atoms with Gasteiger partial charge in [0.15, 0.2) is 0 Å². The maximum absolute atomic E-state index is 9.94. The quantitative estimate of drug-likeness (QED) is 0.567. The lowest BCUT2D eigenvalue weighted by Gasteiger charge is -2.12. The van der Waals surface area contributed by atoms with Gasteiger partial charge in [0.2, 0.25) is 6.08 Å². The summed E-state index contributed by atoms with van der Waals surface area (Å²) in [5.74, 6) is 0. The first-order valence-electron chi connectivity index (χ1n) is 4.10. The first-order valence-corrected chi connectivity index (χ1v) is 4.47. The molecule has 0 N–H and O–H groups in total. The van der Waals surface area contributed by atoms with Gasteiger partial charge in [0.05, 0.1) is 6.54 Å². The zero-order valence-corrected chi connectivity index (χ0v) is 8.49. The highest BCUT2D eigenvalue weighted by Gasteiger charge is 2.08. The van der Waals surface area contributed by atoms with Crippen molar-refractivity contribution in [3.8, 4) is 0 Å². The van der Waals surface area contributed by atoms with Crippen LogP contribution in [-0.2, 0) is 9.53 Å². The Kier molecular flexibility index (Phi) is 4.33. The van der Waals surface area contributed by atoms with Crippen molar-refractivity contribution in [2.24, 2.45) is 4.99 Å². The minimum absolute atomic E-state index is 0.214. The molecule has 14 heavy (non-hydrogen) atoms. The molecule has 1 unspecified atom stereocenters. The fraction of sp³-hybridized carbons (Fsp3) is 0.300. The third-order valence-electron chi connectivity index (χ3n) is 1.85. The number of methoxy groups -OCH3 is 1. The van der Waals surface area contributed by atoms with Gasteiger partial charge in [-0.05, 0) is 17.7 Å². The van der Waals surface area contributed by atoms with E-state index in [-0.39, 0.29) is 12.6 Å². The van der Waals surface area contributed by atoms with Gasteiger partial charge >= 0.3 is 0 Å². The van der Waals surface area contributed by atoms with Gasteiger partial charge in [-0.15, -0.1) is 0 Å². The zero-order chi connectivity index (χ0) is 10.4. The minimum atomic E-state index is -0.214. The summed E-state index contributed by atoms with van der Waals surface area (Å²) in [7, 11) is 1.57. The summed E-state index contributed by atoms with van der Waals surface area (Å²) >= 11 is 5.74. The van der Waals surface area contributed by atoms with Crippen molar-refractivity contribution < 1.29 is 9.53 Å². The average Bonchev–Trinajstić information content (AvgIpc) is 2.21. The molecule has 0 fully saturated rings. The number of ether oxygens (including phenoxy) is 1. The number of hydrogen-bond donors (Lipinski definition) is 0. The van der Waals surface area contributed by atoms with Crippen LogP contribution in [0.4, 0.5) is 0 Å². The molecule has 0 radical (unpaired) electrons. The maximum Gasteiger partial charge on any atom is 0.235 e. The second-order valence-electron chi connectivity index (χ2n) is 2.71. The highest BCUT2D eigenvalue weighted by atomic mass is 35.5. The molecule has 0 aliphatic carbocycles. The minimum Gasteiger partial charge on any atom is -0.375 e. The fourth-order valence-electron chi connectivity index (χ4n) is 1.11. The van der Waals surface area contributed by atoms with Crippen LogP contribution in [0.1, 0.15) is 11.7 Å². The molecular weight excluding hydrogens is 202 g/mol. The molecule has 0 spiro atoms. The zero-order valence-electron chi connectivity index (χ0n) is 7.74. The van der Waals surface area contributed by atoms with Crippen molar-refractivity contribution in [1.82, 2.24) is 0 Å². The largest absolute Gasteiger partial charge is 0.375 e. The van der Waals surface area contributed by atoms with E-state index in [0.717, 1.165) is 5.56 Å². The molecule has 1 aromatic rings.